The van der Waals surface area contributed by atoms with E-state index >= 15 is 0 Å². The number of carbonyl (C=O) groups is 1. The van der Waals surface area contributed by atoms with Gasteiger partial charge in [-0.2, -0.15) is 0 Å². The molecule has 9 heteroatoms. The average Bonchev–Trinajstić information content (AvgIpc) is 3.30. The Morgan fingerprint density at radius 3 is 2.58 bits per heavy atom. The minimum Gasteiger partial charge on any atom is -0.377 e. The summed E-state index contributed by atoms with van der Waals surface area (Å²) in [6, 6.07) is 6.14. The molecule has 2 fully saturated rings. The second-order valence-electron chi connectivity index (χ2n) is 6.54. The molecular formula is C17H26ClN3O4S. The molecule has 2 heterocycles. The van der Waals surface area contributed by atoms with Crippen LogP contribution in [-0.4, -0.2) is 57.6 Å². The first-order valence-electron chi connectivity index (χ1n) is 8.73. The van der Waals surface area contributed by atoms with Crippen molar-refractivity contribution < 1.29 is 17.9 Å². The monoisotopic (exact) mass is 403 g/mol. The fourth-order valence-corrected chi connectivity index (χ4v) is 4.45. The maximum Gasteiger partial charge on any atom is 0.254 e. The Morgan fingerprint density at radius 1 is 1.23 bits per heavy atom. The number of halogens is 1. The lowest BCUT2D eigenvalue weighted by atomic mass is 10.1. The molecule has 2 aliphatic rings. The largest absolute Gasteiger partial charge is 0.377 e. The van der Waals surface area contributed by atoms with E-state index in [4.69, 9.17) is 10.5 Å². The van der Waals surface area contributed by atoms with Crippen molar-refractivity contribution in [3.8, 4) is 0 Å². The van der Waals surface area contributed by atoms with Crippen LogP contribution in [0.2, 0.25) is 0 Å². The van der Waals surface area contributed by atoms with Gasteiger partial charge in [-0.1, -0.05) is 0 Å². The van der Waals surface area contributed by atoms with Crippen molar-refractivity contribution in [1.82, 2.24) is 9.62 Å². The molecule has 0 saturated carbocycles. The molecule has 2 unspecified atom stereocenters. The molecule has 26 heavy (non-hydrogen) atoms. The van der Waals surface area contributed by atoms with Crippen molar-refractivity contribution in [2.24, 2.45) is 5.73 Å². The first kappa shape index (κ1) is 21.1. The van der Waals surface area contributed by atoms with Gasteiger partial charge in [0.2, 0.25) is 10.0 Å². The molecule has 0 aromatic heterocycles. The Labute approximate surface area is 160 Å². The van der Waals surface area contributed by atoms with E-state index in [0.29, 0.717) is 25.3 Å². The highest BCUT2D eigenvalue weighted by atomic mass is 35.5. The normalized spacial score (nSPS) is 23.0. The van der Waals surface area contributed by atoms with Crippen molar-refractivity contribution in [2.75, 3.05) is 26.2 Å². The molecule has 0 spiro atoms. The Kier molecular flexibility index (Phi) is 7.42. The highest BCUT2D eigenvalue weighted by molar-refractivity contribution is 7.89. The van der Waals surface area contributed by atoms with Crippen LogP contribution in [0.25, 0.3) is 0 Å². The van der Waals surface area contributed by atoms with Gasteiger partial charge in [0.1, 0.15) is 0 Å². The van der Waals surface area contributed by atoms with Crippen molar-refractivity contribution in [3.05, 3.63) is 29.8 Å². The van der Waals surface area contributed by atoms with Crippen LogP contribution in [0.1, 0.15) is 36.0 Å². The van der Waals surface area contributed by atoms with E-state index in [1.54, 1.807) is 17.0 Å². The lowest BCUT2D eigenvalue weighted by Crippen LogP contribution is -2.39. The zero-order valence-electron chi connectivity index (χ0n) is 14.6. The van der Waals surface area contributed by atoms with Crippen molar-refractivity contribution in [1.29, 1.82) is 0 Å². The third kappa shape index (κ3) is 4.75. The second-order valence-corrected chi connectivity index (χ2v) is 8.31. The number of hydrogen-bond donors (Lipinski definition) is 2. The molecule has 2 atom stereocenters. The van der Waals surface area contributed by atoms with E-state index in [9.17, 15) is 13.2 Å². The van der Waals surface area contributed by atoms with E-state index in [1.165, 1.54) is 12.1 Å². The molecule has 146 valence electrons. The van der Waals surface area contributed by atoms with E-state index in [1.807, 2.05) is 0 Å². The Hall–Kier alpha value is -1.19. The van der Waals surface area contributed by atoms with Crippen molar-refractivity contribution in [2.45, 2.75) is 42.7 Å². The van der Waals surface area contributed by atoms with Gasteiger partial charge in [0.15, 0.2) is 0 Å². The summed E-state index contributed by atoms with van der Waals surface area (Å²) >= 11 is 0. The number of carbonyl (C=O) groups excluding carboxylic acids is 1. The molecule has 0 radical (unpaired) electrons. The molecule has 3 N–H and O–H groups in total. The zero-order valence-corrected chi connectivity index (χ0v) is 16.2. The van der Waals surface area contributed by atoms with Crippen LogP contribution in [-0.2, 0) is 14.8 Å². The van der Waals surface area contributed by atoms with Crippen molar-refractivity contribution in [3.63, 3.8) is 0 Å². The predicted molar refractivity (Wildman–Crippen MR) is 101 cm³/mol. The molecule has 1 amide bonds. The van der Waals surface area contributed by atoms with Gasteiger partial charge in [0, 0.05) is 37.8 Å². The Morgan fingerprint density at radius 2 is 1.96 bits per heavy atom. The van der Waals surface area contributed by atoms with E-state index < -0.39 is 10.0 Å². The molecule has 1 aromatic rings. The van der Waals surface area contributed by atoms with Gasteiger partial charge < -0.3 is 15.4 Å². The number of ether oxygens (including phenoxy) is 1. The number of amides is 1. The smallest absolute Gasteiger partial charge is 0.254 e. The maximum atomic E-state index is 12.6. The number of nitrogens with two attached hydrogens (primary N) is 1. The molecule has 3 rings (SSSR count). The van der Waals surface area contributed by atoms with E-state index in [0.717, 1.165) is 25.7 Å². The topological polar surface area (TPSA) is 102 Å². The predicted octanol–water partition coefficient (Wildman–Crippen LogP) is 1.13. The van der Waals surface area contributed by atoms with Crippen molar-refractivity contribution >= 4 is 28.3 Å². The summed E-state index contributed by atoms with van der Waals surface area (Å²) in [6.07, 6.45) is 3.64. The van der Waals surface area contributed by atoms with Gasteiger partial charge in [0.25, 0.3) is 5.91 Å². The minimum absolute atomic E-state index is 0. The molecule has 0 bridgehead atoms. The quantitative estimate of drug-likeness (QED) is 0.741. The Balaban J connectivity index is 0.00000243. The fraction of sp³-hybridized carbons (Fsp3) is 0.588. The summed E-state index contributed by atoms with van der Waals surface area (Å²) in [4.78, 5) is 14.5. The van der Waals surface area contributed by atoms with Gasteiger partial charge in [-0.25, -0.2) is 13.1 Å². The standard InChI is InChI=1S/C17H25N3O4S.ClH/c18-11-14-3-1-9-20(14)17(21)13-5-7-16(8-6-13)25(22,23)19-12-15-4-2-10-24-15;/h5-8,14-15,19H,1-4,9-12,18H2;1H. The zero-order chi connectivity index (χ0) is 17.9. The number of sulfonamides is 1. The van der Waals surface area contributed by atoms with Crippen LogP contribution in [0.5, 0.6) is 0 Å². The summed E-state index contributed by atoms with van der Waals surface area (Å²) in [6.45, 7) is 2.10. The number of benzene rings is 1. The van der Waals surface area contributed by atoms with Crippen LogP contribution in [0.15, 0.2) is 29.2 Å². The first-order valence-corrected chi connectivity index (χ1v) is 10.2. The number of rotatable bonds is 6. The van der Waals surface area contributed by atoms with Gasteiger partial charge in [-0.15, -0.1) is 12.4 Å². The van der Waals surface area contributed by atoms with E-state index in [2.05, 4.69) is 4.72 Å². The highest BCUT2D eigenvalue weighted by Crippen LogP contribution is 2.20. The SMILES string of the molecule is Cl.NCC1CCCN1C(=O)c1ccc(S(=O)(=O)NCC2CCCO2)cc1. The Bertz CT molecular complexity index is 705. The highest BCUT2D eigenvalue weighted by Gasteiger charge is 2.28. The first-order chi connectivity index (χ1) is 12.0. The lowest BCUT2D eigenvalue weighted by molar-refractivity contribution is 0.0741. The van der Waals surface area contributed by atoms with Gasteiger partial charge in [-0.05, 0) is 49.9 Å². The molecule has 7 nitrogen and oxygen atoms in total. The van der Waals surface area contributed by atoms with E-state index in [-0.39, 0.29) is 41.9 Å². The lowest BCUT2D eigenvalue weighted by Gasteiger charge is -2.23. The number of likely N-dealkylation sites (tertiary alicyclic amines) is 1. The summed E-state index contributed by atoms with van der Waals surface area (Å²) in [7, 11) is -3.60. The molecule has 2 aliphatic heterocycles. The molecule has 0 aliphatic carbocycles. The average molecular weight is 404 g/mol. The van der Waals surface area contributed by atoms with Gasteiger partial charge in [0.05, 0.1) is 11.0 Å². The fourth-order valence-electron chi connectivity index (χ4n) is 3.38. The van der Waals surface area contributed by atoms with Crippen LogP contribution >= 0.6 is 12.4 Å². The van der Waals surface area contributed by atoms with Crippen LogP contribution in [0.3, 0.4) is 0 Å². The summed E-state index contributed by atoms with van der Waals surface area (Å²) in [5.74, 6) is -0.0933. The maximum absolute atomic E-state index is 12.6. The summed E-state index contributed by atoms with van der Waals surface area (Å²) in [5, 5.41) is 0. The molecule has 1 aromatic carbocycles. The van der Waals surface area contributed by atoms with Crippen LogP contribution in [0.4, 0.5) is 0 Å². The molecular weight excluding hydrogens is 378 g/mol. The number of hydrogen-bond acceptors (Lipinski definition) is 5. The van der Waals surface area contributed by atoms with Gasteiger partial charge >= 0.3 is 0 Å². The third-order valence-electron chi connectivity index (χ3n) is 4.85. The number of nitrogens with zero attached hydrogens (tertiary/aromatic N) is 1. The second kappa shape index (κ2) is 9.14. The summed E-state index contributed by atoms with van der Waals surface area (Å²) in [5.41, 5.74) is 6.20. The minimum atomic E-state index is -3.60. The number of nitrogens with one attached hydrogen (secondary N) is 1. The van der Waals surface area contributed by atoms with Crippen LogP contribution < -0.4 is 10.5 Å². The van der Waals surface area contributed by atoms with Crippen LogP contribution in [0, 0.1) is 0 Å². The third-order valence-corrected chi connectivity index (χ3v) is 6.29. The van der Waals surface area contributed by atoms with Gasteiger partial charge in [-0.3, -0.25) is 4.79 Å². The summed E-state index contributed by atoms with van der Waals surface area (Å²) < 4.78 is 32.7. The molecule has 2 saturated heterocycles.